The van der Waals surface area contributed by atoms with Gasteiger partial charge in [-0.3, -0.25) is 19.2 Å². The molecule has 2 atom stereocenters. The number of nitrogens with zero attached hydrogens (tertiary/aromatic N) is 8. The van der Waals surface area contributed by atoms with E-state index in [4.69, 9.17) is 4.98 Å². The lowest BCUT2D eigenvalue weighted by Crippen LogP contribution is -2.64. The first kappa shape index (κ1) is 40.6. The number of amides is 2. The van der Waals surface area contributed by atoms with Gasteiger partial charge in [-0.1, -0.05) is 12.1 Å². The van der Waals surface area contributed by atoms with Crippen LogP contribution in [-0.2, 0) is 25.2 Å². The number of fused-ring (bicyclic) bond motifs is 1. The van der Waals surface area contributed by atoms with Crippen LogP contribution in [0.15, 0.2) is 73.2 Å². The molecule has 2 aromatic carbocycles. The Morgan fingerprint density at radius 1 is 1.08 bits per heavy atom. The molecule has 3 aromatic heterocycles. The van der Waals surface area contributed by atoms with Gasteiger partial charge in [0.05, 0.1) is 36.1 Å². The molecule has 0 aliphatic carbocycles. The molecule has 3 aliphatic heterocycles. The Morgan fingerprint density at radius 3 is 2.63 bits per heavy atom. The second kappa shape index (κ2) is 17.2. The second-order valence-corrected chi connectivity index (χ2v) is 18.0. The predicted molar refractivity (Wildman–Crippen MR) is 226 cm³/mol. The standard InChI is InChI=1S/C42H48N12O5S/c1-2-60(58,59)53-27-42(28-53,12-13-43)54-25-32(24-47-54)37-35-11-15-44-38(35)50-41(49-37)48-33-9-7-30(8-10-33)39(56)45-14-4-16-51-17-19-52(20-18-51)34-6-3-5-31(22-34)36-21-29(26-55)23-46-40(36)57/h3,5-11,15,22,24-26,29,36H,2,4,12,14,16-21,23,27-28H2,1H3,(H,45,56)(H,46,57)(H2,44,48,49,50). The van der Waals surface area contributed by atoms with Crippen LogP contribution in [0.4, 0.5) is 17.3 Å². The number of sulfonamides is 1. The summed E-state index contributed by atoms with van der Waals surface area (Å²) >= 11 is 0. The minimum Gasteiger partial charge on any atom is -0.369 e. The highest BCUT2D eigenvalue weighted by Crippen LogP contribution is 2.36. The summed E-state index contributed by atoms with van der Waals surface area (Å²) in [4.78, 5) is 54.3. The number of H-pyrrole nitrogens is 1. The molecule has 17 nitrogen and oxygen atoms in total. The topological polar surface area (TPSA) is 214 Å². The molecule has 2 amide bonds. The van der Waals surface area contributed by atoms with Crippen molar-refractivity contribution in [3.8, 4) is 17.3 Å². The zero-order chi connectivity index (χ0) is 41.9. The Balaban J connectivity index is 0.820. The van der Waals surface area contributed by atoms with E-state index in [1.807, 2.05) is 18.2 Å². The number of aldehydes is 1. The van der Waals surface area contributed by atoms with Crippen LogP contribution >= 0.6 is 0 Å². The summed E-state index contributed by atoms with van der Waals surface area (Å²) in [6, 6.07) is 19.3. The molecule has 3 aliphatic rings. The number of nitrogens with one attached hydrogen (secondary N) is 4. The summed E-state index contributed by atoms with van der Waals surface area (Å²) in [5, 5.41) is 24.1. The third kappa shape index (κ3) is 8.46. The molecule has 3 fully saturated rings. The Labute approximate surface area is 348 Å². The number of nitriles is 1. The second-order valence-electron chi connectivity index (χ2n) is 15.7. The third-order valence-corrected chi connectivity index (χ3v) is 13.6. The number of carbonyl (C=O) groups is 3. The van der Waals surface area contributed by atoms with Crippen molar-refractivity contribution in [1.82, 2.24) is 44.6 Å². The number of benzene rings is 2. The van der Waals surface area contributed by atoms with Crippen LogP contribution in [0.1, 0.15) is 48.0 Å². The molecule has 4 N–H and O–H groups in total. The molecule has 0 saturated carbocycles. The summed E-state index contributed by atoms with van der Waals surface area (Å²) in [5.74, 6) is -0.319. The van der Waals surface area contributed by atoms with Crippen LogP contribution in [0.3, 0.4) is 0 Å². The van der Waals surface area contributed by atoms with Crippen LogP contribution in [0.5, 0.6) is 0 Å². The normalized spacial score (nSPS) is 19.6. The maximum absolute atomic E-state index is 13.0. The van der Waals surface area contributed by atoms with Crippen molar-refractivity contribution in [1.29, 1.82) is 5.26 Å². The number of aromatic amines is 1. The molecule has 0 radical (unpaired) electrons. The van der Waals surface area contributed by atoms with Crippen LogP contribution in [-0.4, -0.2) is 125 Å². The molecule has 3 saturated heterocycles. The van der Waals surface area contributed by atoms with E-state index in [1.165, 1.54) is 4.31 Å². The Bertz CT molecular complexity index is 2520. The SMILES string of the molecule is CCS(=O)(=O)N1CC(CC#N)(n2cc(-c3nc(Nc4ccc(C(=O)NCCCN5CCN(c6cccc(C7CC(C=O)CNC7=O)c6)CC5)cc4)nc4[nH]ccc34)cn2)C1. The molecule has 2 unspecified atom stereocenters. The number of hydrogen-bond acceptors (Lipinski definition) is 12. The van der Waals surface area contributed by atoms with Crippen LogP contribution < -0.4 is 20.9 Å². The van der Waals surface area contributed by atoms with Gasteiger partial charge in [0.15, 0.2) is 0 Å². The monoisotopic (exact) mass is 832 g/mol. The largest absolute Gasteiger partial charge is 0.369 e. The van der Waals surface area contributed by atoms with E-state index in [-0.39, 0.29) is 48.9 Å². The fraction of sp³-hybridized carbons (Fsp3) is 0.405. The summed E-state index contributed by atoms with van der Waals surface area (Å²) in [6.45, 7) is 7.28. The molecular formula is C42H48N12O5S. The first-order valence-electron chi connectivity index (χ1n) is 20.3. The third-order valence-electron chi connectivity index (χ3n) is 11.8. The fourth-order valence-corrected chi connectivity index (χ4v) is 9.48. The van der Waals surface area contributed by atoms with Gasteiger partial charge in [0, 0.05) is 98.6 Å². The fourth-order valence-electron chi connectivity index (χ4n) is 8.24. The molecule has 0 spiro atoms. The van der Waals surface area contributed by atoms with Crippen molar-refractivity contribution in [2.45, 2.75) is 37.6 Å². The van der Waals surface area contributed by atoms with E-state index in [0.29, 0.717) is 53.6 Å². The predicted octanol–water partition coefficient (Wildman–Crippen LogP) is 3.20. The molecular weight excluding hydrogens is 785 g/mol. The minimum atomic E-state index is -3.38. The number of carbonyl (C=O) groups excluding carboxylic acids is 3. The van der Waals surface area contributed by atoms with Crippen molar-refractivity contribution >= 4 is 56.5 Å². The number of piperidine rings is 1. The Hall–Kier alpha value is -6.16. The lowest BCUT2D eigenvalue weighted by atomic mass is 9.85. The molecule has 18 heteroatoms. The van der Waals surface area contributed by atoms with E-state index in [1.54, 1.807) is 54.5 Å². The maximum atomic E-state index is 13.0. The van der Waals surface area contributed by atoms with E-state index in [9.17, 15) is 28.1 Å². The molecule has 0 bridgehead atoms. The van der Waals surface area contributed by atoms with Gasteiger partial charge in [-0.15, -0.1) is 0 Å². The highest BCUT2D eigenvalue weighted by Gasteiger charge is 2.49. The smallest absolute Gasteiger partial charge is 0.251 e. The van der Waals surface area contributed by atoms with Crippen molar-refractivity contribution < 1.29 is 22.8 Å². The van der Waals surface area contributed by atoms with E-state index in [0.717, 1.165) is 62.1 Å². The van der Waals surface area contributed by atoms with Crippen molar-refractivity contribution in [3.05, 3.63) is 84.3 Å². The van der Waals surface area contributed by atoms with E-state index in [2.05, 4.69) is 59.0 Å². The number of rotatable bonds is 15. The van der Waals surface area contributed by atoms with E-state index < -0.39 is 15.6 Å². The van der Waals surface area contributed by atoms with Gasteiger partial charge in [0.1, 0.15) is 17.5 Å². The number of hydrogen-bond donors (Lipinski definition) is 4. The average Bonchev–Trinajstić information content (AvgIpc) is 3.95. The maximum Gasteiger partial charge on any atom is 0.251 e. The molecule has 60 heavy (non-hydrogen) atoms. The van der Waals surface area contributed by atoms with Crippen LogP contribution in [0, 0.1) is 17.2 Å². The number of anilines is 3. The zero-order valence-electron chi connectivity index (χ0n) is 33.4. The number of aromatic nitrogens is 5. The molecule has 8 rings (SSSR count). The molecule has 5 aromatic rings. The van der Waals surface area contributed by atoms with Crippen molar-refractivity contribution in [3.63, 3.8) is 0 Å². The first-order chi connectivity index (χ1) is 29.1. The minimum absolute atomic E-state index is 0.00501. The van der Waals surface area contributed by atoms with Crippen molar-refractivity contribution in [2.75, 3.05) is 74.9 Å². The lowest BCUT2D eigenvalue weighted by Gasteiger charge is -2.47. The van der Waals surface area contributed by atoms with E-state index >= 15 is 0 Å². The number of piperazine rings is 1. The van der Waals surface area contributed by atoms with Gasteiger partial charge in [-0.05, 0) is 74.3 Å². The Kier molecular flexibility index (Phi) is 11.6. The van der Waals surface area contributed by atoms with Gasteiger partial charge in [0.25, 0.3) is 5.91 Å². The van der Waals surface area contributed by atoms with Gasteiger partial charge < -0.3 is 30.6 Å². The first-order valence-corrected chi connectivity index (χ1v) is 21.9. The highest BCUT2D eigenvalue weighted by atomic mass is 32.2. The quantitative estimate of drug-likeness (QED) is 0.0885. The summed E-state index contributed by atoms with van der Waals surface area (Å²) in [6.07, 6.45) is 7.64. The van der Waals surface area contributed by atoms with Gasteiger partial charge in [0.2, 0.25) is 21.9 Å². The van der Waals surface area contributed by atoms with Crippen LogP contribution in [0.25, 0.3) is 22.3 Å². The zero-order valence-corrected chi connectivity index (χ0v) is 34.2. The summed E-state index contributed by atoms with van der Waals surface area (Å²) < 4.78 is 27.9. The lowest BCUT2D eigenvalue weighted by molar-refractivity contribution is -0.125. The average molecular weight is 833 g/mol. The summed E-state index contributed by atoms with van der Waals surface area (Å²) in [7, 11) is -3.38. The van der Waals surface area contributed by atoms with Crippen molar-refractivity contribution in [2.24, 2.45) is 5.92 Å². The van der Waals surface area contributed by atoms with Gasteiger partial charge in [-0.2, -0.15) is 19.6 Å². The summed E-state index contributed by atoms with van der Waals surface area (Å²) in [5.41, 5.74) is 4.41. The molecule has 6 heterocycles. The van der Waals surface area contributed by atoms with Crippen LogP contribution in [0.2, 0.25) is 0 Å². The van der Waals surface area contributed by atoms with Gasteiger partial charge >= 0.3 is 0 Å². The van der Waals surface area contributed by atoms with Gasteiger partial charge in [-0.25, -0.2) is 13.4 Å². The Morgan fingerprint density at radius 2 is 1.88 bits per heavy atom. The highest BCUT2D eigenvalue weighted by molar-refractivity contribution is 7.89. The molecule has 312 valence electrons.